The highest BCUT2D eigenvalue weighted by molar-refractivity contribution is 7.97. The summed E-state index contributed by atoms with van der Waals surface area (Å²) >= 11 is 0. The first-order valence-electron chi connectivity index (χ1n) is 13.9. The number of hydrogen-bond donors (Lipinski definition) is 0. The summed E-state index contributed by atoms with van der Waals surface area (Å²) in [6.07, 6.45) is 1.18. The molecule has 5 rings (SSSR count). The maximum absolute atomic E-state index is 11.8. The van der Waals surface area contributed by atoms with Crippen molar-refractivity contribution in [2.24, 2.45) is 16.7 Å². The predicted octanol–water partition coefficient (Wildman–Crippen LogP) is 7.02. The minimum atomic E-state index is -4.33. The van der Waals surface area contributed by atoms with Crippen LogP contribution in [0.3, 0.4) is 0 Å². The molecule has 42 heavy (non-hydrogen) atoms. The van der Waals surface area contributed by atoms with Crippen LogP contribution in [0.2, 0.25) is 0 Å². The quantitative estimate of drug-likeness (QED) is 0.128. The zero-order valence-corrected chi connectivity index (χ0v) is 26.3. The van der Waals surface area contributed by atoms with E-state index < -0.39 is 33.0 Å². The van der Waals surface area contributed by atoms with E-state index in [0.717, 1.165) is 11.3 Å². The van der Waals surface area contributed by atoms with E-state index >= 15 is 0 Å². The normalized spacial score (nSPS) is 21.0. The van der Waals surface area contributed by atoms with Crippen molar-refractivity contribution in [3.63, 3.8) is 0 Å². The van der Waals surface area contributed by atoms with Crippen molar-refractivity contribution in [1.82, 2.24) is 0 Å². The van der Waals surface area contributed by atoms with Crippen LogP contribution < -0.4 is 4.74 Å². The van der Waals surface area contributed by atoms with Crippen LogP contribution in [0.15, 0.2) is 99.6 Å². The molecule has 224 valence electrons. The summed E-state index contributed by atoms with van der Waals surface area (Å²) in [6, 6.07) is 28.4. The van der Waals surface area contributed by atoms with Gasteiger partial charge in [0.15, 0.2) is 14.7 Å². The number of benzene rings is 3. The monoisotopic (exact) mass is 610 g/mol. The Labute approximate surface area is 251 Å². The predicted molar refractivity (Wildman–Crippen MR) is 161 cm³/mol. The third-order valence-corrected chi connectivity index (χ3v) is 11.2. The number of rotatable bonds is 6. The Hall–Kier alpha value is -3.14. The molecule has 0 amide bonds. The van der Waals surface area contributed by atoms with E-state index in [1.54, 1.807) is 0 Å². The molecule has 0 radical (unpaired) electrons. The number of hydrogen-bond acceptors (Lipinski definition) is 7. The molecule has 2 fully saturated rings. The van der Waals surface area contributed by atoms with Gasteiger partial charge in [0.25, 0.3) is 0 Å². The summed E-state index contributed by atoms with van der Waals surface area (Å²) < 4.78 is 43.2. The Morgan fingerprint density at radius 1 is 0.905 bits per heavy atom. The topological polar surface area (TPSA) is 110 Å². The van der Waals surface area contributed by atoms with Crippen molar-refractivity contribution < 1.29 is 32.0 Å². The highest BCUT2D eigenvalue weighted by Crippen LogP contribution is 2.64. The summed E-state index contributed by atoms with van der Waals surface area (Å²) in [6.45, 7) is 9.26. The molecule has 3 aromatic carbocycles. The average molecular weight is 611 g/mol. The van der Waals surface area contributed by atoms with E-state index in [1.165, 1.54) is 9.79 Å². The zero-order valence-electron chi connectivity index (χ0n) is 24.7. The second kappa shape index (κ2) is 12.2. The first kappa shape index (κ1) is 31.8. The number of ketones is 1. The third-order valence-electron chi connectivity index (χ3n) is 8.17. The van der Waals surface area contributed by atoms with Gasteiger partial charge in [0.05, 0.1) is 26.8 Å². The fourth-order valence-electron chi connectivity index (χ4n) is 5.94. The highest BCUT2D eigenvalue weighted by atomic mass is 32.2. The number of Topliss-reactive ketones (excluding diaryl/α,β-unsaturated/α-hetero) is 1. The van der Waals surface area contributed by atoms with Crippen molar-refractivity contribution in [1.29, 1.82) is 0 Å². The summed E-state index contributed by atoms with van der Waals surface area (Å²) in [7, 11) is -4.55. The van der Waals surface area contributed by atoms with Crippen LogP contribution in [0.4, 0.5) is 4.79 Å². The first-order valence-corrected chi connectivity index (χ1v) is 16.7. The minimum Gasteiger partial charge on any atom is -0.748 e. The smallest absolute Gasteiger partial charge is 0.514 e. The van der Waals surface area contributed by atoms with Crippen molar-refractivity contribution >= 4 is 33.0 Å². The molecule has 2 unspecified atom stereocenters. The number of carbonyl (C=O) groups excluding carboxylic acids is 2. The lowest BCUT2D eigenvalue weighted by Gasteiger charge is -2.37. The summed E-state index contributed by atoms with van der Waals surface area (Å²) in [5, 5.41) is 0. The Bertz CT molecular complexity index is 1460. The Morgan fingerprint density at radius 3 is 1.81 bits per heavy atom. The van der Waals surface area contributed by atoms with Gasteiger partial charge in [0.1, 0.15) is 17.1 Å². The van der Waals surface area contributed by atoms with Gasteiger partial charge in [-0.15, -0.1) is 0 Å². The molecule has 2 aliphatic carbocycles. The van der Waals surface area contributed by atoms with Gasteiger partial charge < -0.3 is 14.0 Å². The van der Waals surface area contributed by atoms with Crippen molar-refractivity contribution in [2.75, 3.05) is 5.75 Å². The molecule has 0 spiro atoms. The second-order valence-electron chi connectivity index (χ2n) is 12.3. The fourth-order valence-corrected chi connectivity index (χ4v) is 9.31. The van der Waals surface area contributed by atoms with E-state index in [9.17, 15) is 22.6 Å². The van der Waals surface area contributed by atoms with E-state index in [0.29, 0.717) is 18.6 Å². The summed E-state index contributed by atoms with van der Waals surface area (Å²) in [5.41, 5.74) is -1.80. The van der Waals surface area contributed by atoms with Crippen molar-refractivity contribution in [2.45, 2.75) is 74.2 Å². The SMILES string of the molecule is CC(C)(C)OC(=O)Oc1ccc([S+](c2ccccc2)c2ccccc2)cc1.CC1(C)C2CCC1(CS(=O)(=O)[O-])C(=O)C2. The molecule has 2 saturated carbocycles. The van der Waals surface area contributed by atoms with Crippen LogP contribution in [0.5, 0.6) is 5.75 Å². The molecule has 2 bridgehead atoms. The van der Waals surface area contributed by atoms with Crippen LogP contribution in [-0.2, 0) is 30.5 Å². The molecule has 0 heterocycles. The number of ether oxygens (including phenoxy) is 2. The molecule has 7 nitrogen and oxygen atoms in total. The fraction of sp³-hybridized carbons (Fsp3) is 0.394. The van der Waals surface area contributed by atoms with Gasteiger partial charge >= 0.3 is 6.16 Å². The van der Waals surface area contributed by atoms with Gasteiger partial charge in [-0.1, -0.05) is 50.2 Å². The maximum atomic E-state index is 11.8. The van der Waals surface area contributed by atoms with E-state index in [2.05, 4.69) is 48.5 Å². The molecular weight excluding hydrogens is 572 g/mol. The Balaban J connectivity index is 0.000000227. The van der Waals surface area contributed by atoms with Gasteiger partial charge in [0.2, 0.25) is 0 Å². The van der Waals surface area contributed by atoms with Gasteiger partial charge in [-0.2, -0.15) is 0 Å². The molecule has 0 aliphatic heterocycles. The number of fused-ring (bicyclic) bond motifs is 2. The van der Waals surface area contributed by atoms with E-state index in [4.69, 9.17) is 9.47 Å². The molecule has 0 aromatic heterocycles. The molecule has 9 heteroatoms. The van der Waals surface area contributed by atoms with Crippen LogP contribution in [0.1, 0.15) is 53.9 Å². The lowest BCUT2D eigenvalue weighted by Crippen LogP contribution is -2.42. The van der Waals surface area contributed by atoms with Crippen molar-refractivity contribution in [3.05, 3.63) is 84.9 Å². The Kier molecular flexibility index (Phi) is 9.25. The standard InChI is InChI=1S/C23H23O3S.C10H16O4S/c1-23(2,3)26-22(24)25-18-14-16-21(17-15-18)27(19-10-6-4-7-11-19)20-12-8-5-9-13-20;1-9(2)7-3-4-10(9,8(11)5-7)6-15(12,13)14/h4-17H,1-3H3;7H,3-6H2,1-2H3,(H,12,13,14)/q+1;/p-1. The lowest BCUT2D eigenvalue weighted by molar-refractivity contribution is -0.128. The maximum Gasteiger partial charge on any atom is 0.514 e. The van der Waals surface area contributed by atoms with Crippen LogP contribution in [0.25, 0.3) is 0 Å². The van der Waals surface area contributed by atoms with Gasteiger partial charge in [0, 0.05) is 11.8 Å². The molecule has 0 saturated heterocycles. The molecule has 3 aromatic rings. The molecular formula is C33H38O7S2. The van der Waals surface area contributed by atoms with Crippen molar-refractivity contribution in [3.8, 4) is 5.75 Å². The van der Waals surface area contributed by atoms with E-state index in [-0.39, 0.29) is 28.0 Å². The highest BCUT2D eigenvalue weighted by Gasteiger charge is 2.64. The first-order chi connectivity index (χ1) is 19.6. The van der Waals surface area contributed by atoms with Crippen LogP contribution in [-0.4, -0.2) is 36.3 Å². The zero-order chi connectivity index (χ0) is 30.8. The summed E-state index contributed by atoms with van der Waals surface area (Å²) in [5.74, 6) is 0.190. The van der Waals surface area contributed by atoms with Gasteiger partial charge in [-0.25, -0.2) is 13.2 Å². The summed E-state index contributed by atoms with van der Waals surface area (Å²) in [4.78, 5) is 27.3. The lowest BCUT2D eigenvalue weighted by atomic mass is 9.70. The molecule has 2 atom stereocenters. The van der Waals surface area contributed by atoms with Crippen LogP contribution >= 0.6 is 0 Å². The van der Waals surface area contributed by atoms with Crippen LogP contribution in [0, 0.1) is 16.7 Å². The largest absolute Gasteiger partial charge is 0.748 e. The third kappa shape index (κ3) is 7.25. The molecule has 0 N–H and O–H groups in total. The second-order valence-corrected chi connectivity index (χ2v) is 15.8. The molecule has 2 aliphatic rings. The van der Waals surface area contributed by atoms with Gasteiger partial charge in [-0.3, -0.25) is 4.79 Å². The van der Waals surface area contributed by atoms with Gasteiger partial charge in [-0.05, 0) is 93.5 Å². The minimum absolute atomic E-state index is 0.0248. The number of carbonyl (C=O) groups is 2. The average Bonchev–Trinajstić information content (AvgIpc) is 3.24. The Morgan fingerprint density at radius 2 is 1.40 bits per heavy atom. The van der Waals surface area contributed by atoms with E-state index in [1.807, 2.05) is 71.0 Å².